The van der Waals surface area contributed by atoms with Crippen molar-refractivity contribution < 1.29 is 9.59 Å². The highest BCUT2D eigenvalue weighted by molar-refractivity contribution is 7.11. The molecule has 5 nitrogen and oxygen atoms in total. The summed E-state index contributed by atoms with van der Waals surface area (Å²) < 4.78 is 0. The van der Waals surface area contributed by atoms with Crippen LogP contribution in [0.2, 0.25) is 0 Å². The van der Waals surface area contributed by atoms with Crippen molar-refractivity contribution in [1.29, 1.82) is 0 Å². The molecule has 3 rings (SSSR count). The second kappa shape index (κ2) is 9.61. The molecule has 1 atom stereocenters. The minimum atomic E-state index is -0.653. The van der Waals surface area contributed by atoms with E-state index >= 15 is 0 Å². The molecule has 2 saturated heterocycles. The van der Waals surface area contributed by atoms with E-state index in [-0.39, 0.29) is 17.9 Å². The number of piperazine rings is 1. The maximum Gasteiger partial charge on any atom is 0.246 e. The molecule has 1 aromatic rings. The van der Waals surface area contributed by atoms with Crippen molar-refractivity contribution in [2.45, 2.75) is 84.3 Å². The van der Waals surface area contributed by atoms with Crippen LogP contribution >= 0.6 is 11.3 Å². The van der Waals surface area contributed by atoms with Gasteiger partial charge in [-0.05, 0) is 50.2 Å². The number of hydrogen-bond donors (Lipinski definition) is 1. The number of carbonyl (C=O) groups excluding carboxylic acids is 2. The van der Waals surface area contributed by atoms with Crippen LogP contribution in [0.4, 0.5) is 0 Å². The SMILES string of the molecule is CCCCN1C(=O)C(CC(C)C)NC(=O)C12CCN(Cc1ccc(CC)s1)CC2. The van der Waals surface area contributed by atoms with E-state index in [1.807, 2.05) is 16.2 Å². The third kappa shape index (κ3) is 4.85. The number of unbranched alkanes of at least 4 members (excludes halogenated alkanes) is 1. The van der Waals surface area contributed by atoms with Gasteiger partial charge < -0.3 is 10.2 Å². The molecule has 3 heterocycles. The predicted octanol–water partition coefficient (Wildman–Crippen LogP) is 3.82. The Hall–Kier alpha value is -1.40. The molecule has 2 amide bonds. The summed E-state index contributed by atoms with van der Waals surface area (Å²) in [4.78, 5) is 33.8. The minimum Gasteiger partial charge on any atom is -0.342 e. The summed E-state index contributed by atoms with van der Waals surface area (Å²) in [6.07, 6.45) is 5.24. The summed E-state index contributed by atoms with van der Waals surface area (Å²) in [6, 6.07) is 4.09. The van der Waals surface area contributed by atoms with E-state index in [1.54, 1.807) is 0 Å². The lowest BCUT2D eigenvalue weighted by Crippen LogP contribution is -2.73. The smallest absolute Gasteiger partial charge is 0.246 e. The molecule has 2 aliphatic heterocycles. The van der Waals surface area contributed by atoms with Gasteiger partial charge in [0.1, 0.15) is 11.6 Å². The fourth-order valence-electron chi connectivity index (χ4n) is 4.64. The molecule has 0 bridgehead atoms. The summed E-state index contributed by atoms with van der Waals surface area (Å²) >= 11 is 1.89. The standard InChI is InChI=1S/C23H37N3O2S/c1-5-7-12-26-21(27)20(15-17(3)4)24-22(28)23(26)10-13-25(14-11-23)16-19-9-8-18(6-2)29-19/h8-9,17,20H,5-7,10-16H2,1-4H3,(H,24,28). The van der Waals surface area contributed by atoms with E-state index in [4.69, 9.17) is 0 Å². The summed E-state index contributed by atoms with van der Waals surface area (Å²) in [5, 5.41) is 3.09. The second-order valence-electron chi connectivity index (χ2n) is 9.03. The highest BCUT2D eigenvalue weighted by Crippen LogP contribution is 2.35. The fourth-order valence-corrected chi connectivity index (χ4v) is 5.64. The maximum absolute atomic E-state index is 13.3. The van der Waals surface area contributed by atoms with E-state index in [0.717, 1.165) is 51.7 Å². The first kappa shape index (κ1) is 22.3. The van der Waals surface area contributed by atoms with Crippen LogP contribution in [0.25, 0.3) is 0 Å². The first-order valence-corrected chi connectivity index (χ1v) is 12.1. The lowest BCUT2D eigenvalue weighted by Gasteiger charge is -2.52. The molecule has 2 aliphatic rings. The third-order valence-corrected chi connectivity index (χ3v) is 7.59. The van der Waals surface area contributed by atoms with Crippen LogP contribution < -0.4 is 5.32 Å². The van der Waals surface area contributed by atoms with Crippen molar-refractivity contribution in [1.82, 2.24) is 15.1 Å². The van der Waals surface area contributed by atoms with Gasteiger partial charge in [-0.1, -0.05) is 34.1 Å². The molecule has 0 radical (unpaired) electrons. The van der Waals surface area contributed by atoms with Gasteiger partial charge in [0.05, 0.1) is 0 Å². The summed E-state index contributed by atoms with van der Waals surface area (Å²) in [6.45, 7) is 11.9. The molecule has 6 heteroatoms. The zero-order chi connectivity index (χ0) is 21.0. The van der Waals surface area contributed by atoms with Gasteiger partial charge >= 0.3 is 0 Å². The van der Waals surface area contributed by atoms with Gasteiger partial charge in [-0.2, -0.15) is 0 Å². The molecular formula is C23H37N3O2S. The van der Waals surface area contributed by atoms with Crippen molar-refractivity contribution >= 4 is 23.2 Å². The fraction of sp³-hybridized carbons (Fsp3) is 0.739. The lowest BCUT2D eigenvalue weighted by atomic mass is 9.80. The number of nitrogens with one attached hydrogen (secondary N) is 1. The Labute approximate surface area is 179 Å². The Bertz CT molecular complexity index is 707. The van der Waals surface area contributed by atoms with E-state index in [0.29, 0.717) is 18.9 Å². The zero-order valence-electron chi connectivity index (χ0n) is 18.5. The molecule has 0 aliphatic carbocycles. The molecule has 0 saturated carbocycles. The quantitative estimate of drug-likeness (QED) is 0.697. The molecule has 2 fully saturated rings. The number of amides is 2. The summed E-state index contributed by atoms with van der Waals surface area (Å²) in [7, 11) is 0. The van der Waals surface area contributed by atoms with Crippen LogP contribution in [-0.4, -0.2) is 52.8 Å². The molecular weight excluding hydrogens is 382 g/mol. The largest absolute Gasteiger partial charge is 0.342 e. The van der Waals surface area contributed by atoms with Crippen molar-refractivity contribution in [3.05, 3.63) is 21.9 Å². The molecule has 1 spiro atoms. The van der Waals surface area contributed by atoms with Crippen LogP contribution in [-0.2, 0) is 22.6 Å². The third-order valence-electron chi connectivity index (χ3n) is 6.38. The van der Waals surface area contributed by atoms with Crippen LogP contribution in [0.3, 0.4) is 0 Å². The monoisotopic (exact) mass is 419 g/mol. The Morgan fingerprint density at radius 1 is 1.17 bits per heavy atom. The van der Waals surface area contributed by atoms with Crippen molar-refractivity contribution in [2.75, 3.05) is 19.6 Å². The number of nitrogens with zero attached hydrogens (tertiary/aromatic N) is 2. The Balaban J connectivity index is 1.71. The number of carbonyl (C=O) groups is 2. The average Bonchev–Trinajstić information content (AvgIpc) is 3.15. The highest BCUT2D eigenvalue weighted by atomic mass is 32.1. The Morgan fingerprint density at radius 2 is 1.86 bits per heavy atom. The summed E-state index contributed by atoms with van der Waals surface area (Å²) in [5.41, 5.74) is -0.653. The van der Waals surface area contributed by atoms with Crippen LogP contribution in [0.15, 0.2) is 12.1 Å². The number of thiophene rings is 1. The molecule has 29 heavy (non-hydrogen) atoms. The zero-order valence-corrected chi connectivity index (χ0v) is 19.3. The van der Waals surface area contributed by atoms with Crippen LogP contribution in [0, 0.1) is 5.92 Å². The van der Waals surface area contributed by atoms with Crippen molar-refractivity contribution in [3.8, 4) is 0 Å². The summed E-state index contributed by atoms with van der Waals surface area (Å²) in [5.74, 6) is 0.584. The van der Waals surface area contributed by atoms with Gasteiger partial charge in [0.2, 0.25) is 11.8 Å². The van der Waals surface area contributed by atoms with Crippen molar-refractivity contribution in [3.63, 3.8) is 0 Å². The van der Waals surface area contributed by atoms with E-state index in [1.165, 1.54) is 9.75 Å². The van der Waals surface area contributed by atoms with Gasteiger partial charge in [0.25, 0.3) is 0 Å². The predicted molar refractivity (Wildman–Crippen MR) is 119 cm³/mol. The molecule has 0 aromatic carbocycles. The molecule has 1 aromatic heterocycles. The first-order valence-electron chi connectivity index (χ1n) is 11.3. The molecule has 162 valence electrons. The average molecular weight is 420 g/mol. The van der Waals surface area contributed by atoms with Gasteiger partial charge in [0, 0.05) is 35.9 Å². The van der Waals surface area contributed by atoms with Crippen LogP contribution in [0.1, 0.15) is 69.6 Å². The lowest BCUT2D eigenvalue weighted by molar-refractivity contribution is -0.161. The maximum atomic E-state index is 13.3. The molecule has 1 unspecified atom stereocenters. The topological polar surface area (TPSA) is 52.7 Å². The number of likely N-dealkylation sites (tertiary alicyclic amines) is 1. The van der Waals surface area contributed by atoms with Gasteiger partial charge in [-0.15, -0.1) is 11.3 Å². The van der Waals surface area contributed by atoms with E-state index < -0.39 is 5.54 Å². The minimum absolute atomic E-state index is 0.0721. The number of aryl methyl sites for hydroxylation is 1. The normalized spacial score (nSPS) is 22.5. The highest BCUT2D eigenvalue weighted by Gasteiger charge is 2.53. The Morgan fingerprint density at radius 3 is 2.45 bits per heavy atom. The van der Waals surface area contributed by atoms with Gasteiger partial charge in [-0.25, -0.2) is 0 Å². The molecule has 1 N–H and O–H groups in total. The van der Waals surface area contributed by atoms with Crippen LogP contribution in [0.5, 0.6) is 0 Å². The van der Waals surface area contributed by atoms with Gasteiger partial charge in [0.15, 0.2) is 0 Å². The Kier molecular flexibility index (Phi) is 7.38. The number of piperidine rings is 1. The first-order chi connectivity index (χ1) is 13.9. The van der Waals surface area contributed by atoms with Gasteiger partial charge in [-0.3, -0.25) is 14.5 Å². The number of hydrogen-bond acceptors (Lipinski definition) is 4. The van der Waals surface area contributed by atoms with E-state index in [9.17, 15) is 9.59 Å². The van der Waals surface area contributed by atoms with Crippen molar-refractivity contribution in [2.24, 2.45) is 5.92 Å². The van der Waals surface area contributed by atoms with E-state index in [2.05, 4.69) is 50.0 Å². The second-order valence-corrected chi connectivity index (χ2v) is 10.3. The number of rotatable bonds is 8.